The Bertz CT molecular complexity index is 751. The highest BCUT2D eigenvalue weighted by Gasteiger charge is 2.09. The van der Waals surface area contributed by atoms with Gasteiger partial charge in [-0.05, 0) is 12.0 Å². The summed E-state index contributed by atoms with van der Waals surface area (Å²) in [5.74, 6) is -0.623. The predicted octanol–water partition coefficient (Wildman–Crippen LogP) is 1.17. The van der Waals surface area contributed by atoms with Crippen LogP contribution in [-0.2, 0) is 13.0 Å². The largest absolute Gasteiger partial charge is 0.363 e. The summed E-state index contributed by atoms with van der Waals surface area (Å²) < 4.78 is 1.90. The van der Waals surface area contributed by atoms with Crippen molar-refractivity contribution < 1.29 is 4.79 Å². The van der Waals surface area contributed by atoms with Gasteiger partial charge in [-0.15, -0.1) is 0 Å². The molecule has 100 valence electrons. The standard InChI is InChI=1S/C14H13N5O/c15-12(20)13-16-8-11-14(18-13)19(9-17-11)7-6-10-4-2-1-3-5-10/h1-5,8-9H,6-7H2,(H2,15,20). The average Bonchev–Trinajstić information content (AvgIpc) is 2.88. The SMILES string of the molecule is NC(=O)c1ncc2ncn(CCc3ccccc3)c2n1. The van der Waals surface area contributed by atoms with E-state index in [4.69, 9.17) is 5.73 Å². The lowest BCUT2D eigenvalue weighted by molar-refractivity contribution is 0.0990. The number of fused-ring (bicyclic) bond motifs is 1. The first-order valence-electron chi connectivity index (χ1n) is 6.25. The highest BCUT2D eigenvalue weighted by atomic mass is 16.1. The van der Waals surface area contributed by atoms with Gasteiger partial charge in [0.15, 0.2) is 5.65 Å². The van der Waals surface area contributed by atoms with E-state index in [1.54, 1.807) is 6.33 Å². The minimum absolute atomic E-state index is 0.0129. The van der Waals surface area contributed by atoms with Crippen molar-refractivity contribution in [3.05, 3.63) is 54.2 Å². The van der Waals surface area contributed by atoms with Gasteiger partial charge in [0.1, 0.15) is 5.52 Å². The monoisotopic (exact) mass is 267 g/mol. The molecule has 3 aromatic rings. The maximum atomic E-state index is 11.1. The molecule has 2 heterocycles. The zero-order chi connectivity index (χ0) is 13.9. The molecule has 20 heavy (non-hydrogen) atoms. The van der Waals surface area contributed by atoms with E-state index < -0.39 is 5.91 Å². The van der Waals surface area contributed by atoms with E-state index in [2.05, 4.69) is 27.1 Å². The number of imidazole rings is 1. The van der Waals surface area contributed by atoms with Crippen molar-refractivity contribution in [1.29, 1.82) is 0 Å². The third kappa shape index (κ3) is 2.35. The number of primary amides is 1. The minimum Gasteiger partial charge on any atom is -0.363 e. The summed E-state index contributed by atoms with van der Waals surface area (Å²) >= 11 is 0. The molecule has 0 atom stereocenters. The Hall–Kier alpha value is -2.76. The van der Waals surface area contributed by atoms with Crippen molar-refractivity contribution >= 4 is 17.1 Å². The number of aromatic nitrogens is 4. The van der Waals surface area contributed by atoms with Gasteiger partial charge in [-0.2, -0.15) is 0 Å². The van der Waals surface area contributed by atoms with Crippen LogP contribution in [0.3, 0.4) is 0 Å². The zero-order valence-corrected chi connectivity index (χ0v) is 10.7. The van der Waals surface area contributed by atoms with Crippen LogP contribution in [0.15, 0.2) is 42.9 Å². The van der Waals surface area contributed by atoms with Crippen molar-refractivity contribution in [3.8, 4) is 0 Å². The number of hydrogen-bond donors (Lipinski definition) is 1. The number of benzene rings is 1. The highest BCUT2D eigenvalue weighted by molar-refractivity contribution is 5.90. The fourth-order valence-electron chi connectivity index (χ4n) is 2.03. The van der Waals surface area contributed by atoms with Crippen LogP contribution in [0, 0.1) is 0 Å². The Morgan fingerprint density at radius 1 is 1.20 bits per heavy atom. The van der Waals surface area contributed by atoms with E-state index in [0.717, 1.165) is 13.0 Å². The number of nitrogens with two attached hydrogens (primary N) is 1. The zero-order valence-electron chi connectivity index (χ0n) is 10.7. The van der Waals surface area contributed by atoms with Crippen molar-refractivity contribution in [2.45, 2.75) is 13.0 Å². The predicted molar refractivity (Wildman–Crippen MR) is 74.0 cm³/mol. The smallest absolute Gasteiger partial charge is 0.286 e. The number of aryl methyl sites for hydroxylation is 2. The van der Waals surface area contributed by atoms with Crippen molar-refractivity contribution in [1.82, 2.24) is 19.5 Å². The quantitative estimate of drug-likeness (QED) is 0.768. The van der Waals surface area contributed by atoms with E-state index in [9.17, 15) is 4.79 Å². The minimum atomic E-state index is -0.636. The van der Waals surface area contributed by atoms with Crippen molar-refractivity contribution in [2.24, 2.45) is 5.73 Å². The van der Waals surface area contributed by atoms with E-state index in [1.165, 1.54) is 11.8 Å². The second kappa shape index (κ2) is 5.08. The number of carbonyl (C=O) groups is 1. The number of nitrogens with zero attached hydrogens (tertiary/aromatic N) is 4. The van der Waals surface area contributed by atoms with E-state index in [1.807, 2.05) is 22.8 Å². The lowest BCUT2D eigenvalue weighted by Gasteiger charge is -2.04. The van der Waals surface area contributed by atoms with E-state index in [-0.39, 0.29) is 5.82 Å². The maximum absolute atomic E-state index is 11.1. The molecule has 0 spiro atoms. The first kappa shape index (κ1) is 12.3. The molecule has 0 fully saturated rings. The average molecular weight is 267 g/mol. The van der Waals surface area contributed by atoms with E-state index >= 15 is 0 Å². The second-order valence-electron chi connectivity index (χ2n) is 4.44. The van der Waals surface area contributed by atoms with Gasteiger partial charge in [0.25, 0.3) is 5.91 Å². The van der Waals surface area contributed by atoms with Crippen LogP contribution in [0.25, 0.3) is 11.2 Å². The molecule has 0 aliphatic carbocycles. The van der Waals surface area contributed by atoms with Crippen molar-refractivity contribution in [2.75, 3.05) is 0 Å². The number of hydrogen-bond acceptors (Lipinski definition) is 4. The lowest BCUT2D eigenvalue weighted by atomic mass is 10.1. The molecule has 0 saturated heterocycles. The molecule has 0 saturated carbocycles. The summed E-state index contributed by atoms with van der Waals surface area (Å²) in [6, 6.07) is 10.2. The molecule has 0 aliphatic rings. The van der Waals surface area contributed by atoms with Gasteiger partial charge in [0.2, 0.25) is 5.82 Å². The van der Waals surface area contributed by atoms with Crippen LogP contribution in [0.1, 0.15) is 16.2 Å². The fourth-order valence-corrected chi connectivity index (χ4v) is 2.03. The lowest BCUT2D eigenvalue weighted by Crippen LogP contribution is -2.15. The first-order valence-corrected chi connectivity index (χ1v) is 6.25. The van der Waals surface area contributed by atoms with Crippen LogP contribution < -0.4 is 5.73 Å². The van der Waals surface area contributed by atoms with Gasteiger partial charge in [-0.3, -0.25) is 4.79 Å². The van der Waals surface area contributed by atoms with Gasteiger partial charge in [-0.1, -0.05) is 30.3 Å². The van der Waals surface area contributed by atoms with Crippen LogP contribution >= 0.6 is 0 Å². The Morgan fingerprint density at radius 3 is 2.75 bits per heavy atom. The molecular weight excluding hydrogens is 254 g/mol. The molecule has 6 heteroatoms. The summed E-state index contributed by atoms with van der Waals surface area (Å²) in [6.07, 6.45) is 4.08. The van der Waals surface area contributed by atoms with Crippen molar-refractivity contribution in [3.63, 3.8) is 0 Å². The first-order chi connectivity index (χ1) is 9.74. The van der Waals surface area contributed by atoms with Gasteiger partial charge in [0.05, 0.1) is 12.5 Å². The van der Waals surface area contributed by atoms with Crippen LogP contribution in [0.4, 0.5) is 0 Å². The summed E-state index contributed by atoms with van der Waals surface area (Å²) in [6.45, 7) is 0.732. The topological polar surface area (TPSA) is 86.7 Å². The number of amides is 1. The molecule has 3 rings (SSSR count). The molecule has 0 bridgehead atoms. The molecule has 1 aromatic carbocycles. The molecule has 1 amide bonds. The molecule has 2 N–H and O–H groups in total. The summed E-state index contributed by atoms with van der Waals surface area (Å²) in [4.78, 5) is 23.4. The van der Waals surface area contributed by atoms with Crippen LogP contribution in [0.2, 0.25) is 0 Å². The molecule has 0 aliphatic heterocycles. The van der Waals surface area contributed by atoms with Crippen LogP contribution in [0.5, 0.6) is 0 Å². The highest BCUT2D eigenvalue weighted by Crippen LogP contribution is 2.10. The van der Waals surface area contributed by atoms with Crippen LogP contribution in [-0.4, -0.2) is 25.4 Å². The molecule has 0 radical (unpaired) electrons. The third-order valence-electron chi connectivity index (χ3n) is 3.06. The normalized spacial score (nSPS) is 10.8. The summed E-state index contributed by atoms with van der Waals surface area (Å²) in [7, 11) is 0. The number of carbonyl (C=O) groups excluding carboxylic acids is 1. The Labute approximate surface area is 115 Å². The van der Waals surface area contributed by atoms with Gasteiger partial charge < -0.3 is 10.3 Å². The fraction of sp³-hybridized carbons (Fsp3) is 0.143. The van der Waals surface area contributed by atoms with E-state index in [0.29, 0.717) is 11.2 Å². The van der Waals surface area contributed by atoms with Gasteiger partial charge in [0, 0.05) is 6.54 Å². The maximum Gasteiger partial charge on any atom is 0.286 e. The Balaban J connectivity index is 1.88. The molecule has 6 nitrogen and oxygen atoms in total. The van der Waals surface area contributed by atoms with Gasteiger partial charge >= 0.3 is 0 Å². The third-order valence-corrected chi connectivity index (χ3v) is 3.06. The Morgan fingerprint density at radius 2 is 2.00 bits per heavy atom. The second-order valence-corrected chi connectivity index (χ2v) is 4.44. The molecule has 0 unspecified atom stereocenters. The summed E-state index contributed by atoms with van der Waals surface area (Å²) in [5.41, 5.74) is 7.71. The number of rotatable bonds is 4. The molecule has 2 aromatic heterocycles. The molecular formula is C14H13N5O. The van der Waals surface area contributed by atoms with Gasteiger partial charge in [-0.25, -0.2) is 15.0 Å². The Kier molecular flexibility index (Phi) is 3.12. The summed E-state index contributed by atoms with van der Waals surface area (Å²) in [5, 5.41) is 0.